The fourth-order valence-electron chi connectivity index (χ4n) is 9.08. The summed E-state index contributed by atoms with van der Waals surface area (Å²) in [6.45, 7) is 4.87. The molecule has 0 aromatic rings. The first kappa shape index (κ1) is 65.1. The van der Waals surface area contributed by atoms with Crippen molar-refractivity contribution in [3.63, 3.8) is 0 Å². The molecule has 0 heterocycles. The van der Waals surface area contributed by atoms with Crippen LogP contribution in [-0.4, -0.2) is 47.4 Å². The van der Waals surface area contributed by atoms with E-state index in [1.807, 2.05) is 6.08 Å². The molecule has 0 saturated carbocycles. The number of amides is 1. The van der Waals surface area contributed by atoms with E-state index >= 15 is 0 Å². The molecule has 0 aromatic carbocycles. The van der Waals surface area contributed by atoms with E-state index in [1.54, 1.807) is 6.08 Å². The number of rotatable bonds is 55. The van der Waals surface area contributed by atoms with Gasteiger partial charge in [-0.25, -0.2) is 0 Å². The van der Waals surface area contributed by atoms with Gasteiger partial charge in [-0.3, -0.25) is 9.59 Å². The van der Waals surface area contributed by atoms with Crippen LogP contribution in [0.5, 0.6) is 0 Å². The summed E-state index contributed by atoms with van der Waals surface area (Å²) in [6.07, 6.45) is 70.3. The van der Waals surface area contributed by atoms with Crippen molar-refractivity contribution in [2.75, 3.05) is 13.2 Å². The first-order valence-electron chi connectivity index (χ1n) is 29.8. The number of hydrogen-bond acceptors (Lipinski definition) is 5. The first-order chi connectivity index (χ1) is 33.0. The maximum absolute atomic E-state index is 12.5. The van der Waals surface area contributed by atoms with Crippen molar-refractivity contribution in [3.05, 3.63) is 36.5 Å². The molecule has 0 bridgehead atoms. The van der Waals surface area contributed by atoms with Gasteiger partial charge in [-0.05, 0) is 70.6 Å². The van der Waals surface area contributed by atoms with Crippen LogP contribution >= 0.6 is 0 Å². The highest BCUT2D eigenvalue weighted by Crippen LogP contribution is 2.17. The molecular formula is C61H115NO5. The molecule has 2 atom stereocenters. The van der Waals surface area contributed by atoms with Crippen molar-refractivity contribution in [2.24, 2.45) is 0 Å². The van der Waals surface area contributed by atoms with Crippen LogP contribution in [0.4, 0.5) is 0 Å². The van der Waals surface area contributed by atoms with Gasteiger partial charge < -0.3 is 20.3 Å². The Morgan fingerprint density at radius 3 is 1.13 bits per heavy atom. The molecule has 0 aliphatic heterocycles. The van der Waals surface area contributed by atoms with Gasteiger partial charge in [0.25, 0.3) is 0 Å². The van der Waals surface area contributed by atoms with Gasteiger partial charge in [0.15, 0.2) is 0 Å². The summed E-state index contributed by atoms with van der Waals surface area (Å²) >= 11 is 0. The molecule has 2 unspecified atom stereocenters. The van der Waals surface area contributed by atoms with Crippen molar-refractivity contribution >= 4 is 11.9 Å². The molecule has 1 amide bonds. The van der Waals surface area contributed by atoms with E-state index in [4.69, 9.17) is 4.74 Å². The summed E-state index contributed by atoms with van der Waals surface area (Å²) < 4.78 is 5.45. The lowest BCUT2D eigenvalue weighted by atomic mass is 10.0. The minimum atomic E-state index is -0.856. The topological polar surface area (TPSA) is 95.9 Å². The van der Waals surface area contributed by atoms with Gasteiger partial charge in [-0.15, -0.1) is 0 Å². The molecule has 0 aromatic heterocycles. The van der Waals surface area contributed by atoms with Crippen LogP contribution in [0.1, 0.15) is 316 Å². The zero-order chi connectivity index (χ0) is 48.6. The lowest BCUT2D eigenvalue weighted by Crippen LogP contribution is -2.45. The van der Waals surface area contributed by atoms with Crippen LogP contribution in [-0.2, 0) is 14.3 Å². The standard InChI is InChI=1S/C61H115NO5/c1-3-5-7-9-11-13-15-17-19-20-21-23-26-29-33-37-41-45-49-53-59(64)58(57-63)62-60(65)54-50-46-42-38-34-30-27-24-22-25-28-32-36-40-44-48-52-56-67-61(66)55-51-47-43-39-35-31-18-16-14-12-10-8-6-4-2/h22,25,32,36,49,53,58-59,63-64H,3-21,23-24,26-31,33-35,37-48,50-52,54-57H2,1-2H3,(H,62,65)/b25-22-,36-32-,53-49+. The predicted molar refractivity (Wildman–Crippen MR) is 292 cm³/mol. The van der Waals surface area contributed by atoms with Crippen LogP contribution in [0.2, 0.25) is 0 Å². The zero-order valence-electron chi connectivity index (χ0n) is 44.9. The molecule has 394 valence electrons. The number of nitrogens with one attached hydrogen (secondary N) is 1. The van der Waals surface area contributed by atoms with Gasteiger partial charge >= 0.3 is 5.97 Å². The lowest BCUT2D eigenvalue weighted by Gasteiger charge is -2.20. The first-order valence-corrected chi connectivity index (χ1v) is 29.8. The normalized spacial score (nSPS) is 12.8. The Morgan fingerprint density at radius 2 is 0.746 bits per heavy atom. The van der Waals surface area contributed by atoms with Crippen molar-refractivity contribution < 1.29 is 24.5 Å². The molecule has 0 aliphatic carbocycles. The summed E-state index contributed by atoms with van der Waals surface area (Å²) in [5, 5.41) is 23.1. The second-order valence-corrected chi connectivity index (χ2v) is 20.3. The third-order valence-electron chi connectivity index (χ3n) is 13.7. The van der Waals surface area contributed by atoms with E-state index in [1.165, 1.54) is 205 Å². The van der Waals surface area contributed by atoms with Crippen LogP contribution in [0.3, 0.4) is 0 Å². The number of allylic oxidation sites excluding steroid dienone is 5. The molecule has 0 saturated heterocycles. The number of unbranched alkanes of at least 4 members (excludes halogenated alkanes) is 40. The Bertz CT molecular complexity index is 1090. The van der Waals surface area contributed by atoms with Gasteiger partial charge in [0.2, 0.25) is 5.91 Å². The van der Waals surface area contributed by atoms with Crippen molar-refractivity contribution in [2.45, 2.75) is 328 Å². The number of aliphatic hydroxyl groups is 2. The second kappa shape index (κ2) is 56.7. The summed E-state index contributed by atoms with van der Waals surface area (Å²) in [7, 11) is 0. The smallest absolute Gasteiger partial charge is 0.305 e. The van der Waals surface area contributed by atoms with Crippen molar-refractivity contribution in [3.8, 4) is 0 Å². The van der Waals surface area contributed by atoms with E-state index in [2.05, 4.69) is 43.5 Å². The maximum Gasteiger partial charge on any atom is 0.305 e. The number of ether oxygens (including phenoxy) is 1. The SMILES string of the molecule is CCCCCCCCCCCCCCCCCCC/C=C/C(O)C(CO)NC(=O)CCCCCCCCC/C=C\C/C=C\CCCCCOC(=O)CCCCCCCCCCCCCCCC. The van der Waals surface area contributed by atoms with Gasteiger partial charge in [0.05, 0.1) is 25.4 Å². The van der Waals surface area contributed by atoms with Gasteiger partial charge in [0, 0.05) is 12.8 Å². The van der Waals surface area contributed by atoms with Gasteiger partial charge in [-0.1, -0.05) is 269 Å². The summed E-state index contributed by atoms with van der Waals surface area (Å²) in [4.78, 5) is 24.5. The average Bonchev–Trinajstić information content (AvgIpc) is 3.33. The minimum absolute atomic E-state index is 0.0141. The Morgan fingerprint density at radius 1 is 0.418 bits per heavy atom. The van der Waals surface area contributed by atoms with E-state index in [9.17, 15) is 19.8 Å². The predicted octanol–water partition coefficient (Wildman–Crippen LogP) is 18.4. The summed E-state index contributed by atoms with van der Waals surface area (Å²) in [5.74, 6) is -0.0963. The Kier molecular flexibility index (Phi) is 55.0. The maximum atomic E-state index is 12.5. The number of carbonyl (C=O) groups excluding carboxylic acids is 2. The largest absolute Gasteiger partial charge is 0.466 e. The third-order valence-corrected chi connectivity index (χ3v) is 13.7. The number of esters is 1. The fraction of sp³-hybridized carbons (Fsp3) is 0.869. The molecule has 6 nitrogen and oxygen atoms in total. The molecule has 3 N–H and O–H groups in total. The Balaban J connectivity index is 3.52. The summed E-state index contributed by atoms with van der Waals surface area (Å²) in [6, 6.07) is -0.641. The quantitative estimate of drug-likeness (QED) is 0.0321. The van der Waals surface area contributed by atoms with Crippen LogP contribution in [0.15, 0.2) is 36.5 Å². The minimum Gasteiger partial charge on any atom is -0.466 e. The number of aliphatic hydroxyl groups excluding tert-OH is 2. The molecule has 0 rings (SSSR count). The van der Waals surface area contributed by atoms with E-state index in [0.29, 0.717) is 19.4 Å². The second-order valence-electron chi connectivity index (χ2n) is 20.3. The molecular weight excluding hydrogens is 827 g/mol. The Labute approximate surface area is 417 Å². The molecule has 6 heteroatoms. The summed E-state index contributed by atoms with van der Waals surface area (Å²) in [5.41, 5.74) is 0. The molecule has 0 aliphatic rings. The average molecular weight is 943 g/mol. The molecule has 67 heavy (non-hydrogen) atoms. The lowest BCUT2D eigenvalue weighted by molar-refractivity contribution is -0.143. The highest BCUT2D eigenvalue weighted by Gasteiger charge is 2.18. The van der Waals surface area contributed by atoms with Gasteiger partial charge in [0.1, 0.15) is 0 Å². The number of carbonyl (C=O) groups is 2. The van der Waals surface area contributed by atoms with E-state index in [-0.39, 0.29) is 18.5 Å². The molecule has 0 radical (unpaired) electrons. The third kappa shape index (κ3) is 53.3. The van der Waals surface area contributed by atoms with Crippen LogP contribution in [0.25, 0.3) is 0 Å². The highest BCUT2D eigenvalue weighted by molar-refractivity contribution is 5.76. The highest BCUT2D eigenvalue weighted by atomic mass is 16.5. The van der Waals surface area contributed by atoms with Crippen molar-refractivity contribution in [1.29, 1.82) is 0 Å². The van der Waals surface area contributed by atoms with E-state index < -0.39 is 12.1 Å². The monoisotopic (exact) mass is 942 g/mol. The van der Waals surface area contributed by atoms with E-state index in [0.717, 1.165) is 83.5 Å². The van der Waals surface area contributed by atoms with Crippen LogP contribution in [0, 0.1) is 0 Å². The molecule has 0 fully saturated rings. The number of hydrogen-bond donors (Lipinski definition) is 3. The zero-order valence-corrected chi connectivity index (χ0v) is 44.9. The van der Waals surface area contributed by atoms with Crippen LogP contribution < -0.4 is 5.32 Å². The van der Waals surface area contributed by atoms with Crippen molar-refractivity contribution in [1.82, 2.24) is 5.32 Å². The molecule has 0 spiro atoms. The Hall–Kier alpha value is -1.92. The fourth-order valence-corrected chi connectivity index (χ4v) is 9.08. The van der Waals surface area contributed by atoms with Gasteiger partial charge in [-0.2, -0.15) is 0 Å².